The molecule has 1 aliphatic rings. The van der Waals surface area contributed by atoms with Crippen LogP contribution in [0.3, 0.4) is 0 Å². The minimum absolute atomic E-state index is 0.743. The van der Waals surface area contributed by atoms with Crippen LogP contribution in [-0.2, 0) is 13.5 Å². The van der Waals surface area contributed by atoms with Crippen LogP contribution >= 0.6 is 0 Å². The number of aldehydes is 1. The average molecular weight is 206 g/mol. The first-order valence-corrected chi connectivity index (χ1v) is 5.77. The van der Waals surface area contributed by atoms with Gasteiger partial charge in [0.25, 0.3) is 0 Å². The quantitative estimate of drug-likeness (QED) is 0.711. The molecule has 0 unspecified atom stereocenters. The minimum atomic E-state index is 0.743. The molecule has 1 aromatic heterocycles. The summed E-state index contributed by atoms with van der Waals surface area (Å²) in [6, 6.07) is 0. The Hall–Kier alpha value is -1.12. The highest BCUT2D eigenvalue weighted by Crippen LogP contribution is 2.26. The fourth-order valence-corrected chi connectivity index (χ4v) is 2.47. The van der Waals surface area contributed by atoms with Gasteiger partial charge in [-0.25, -0.2) is 0 Å². The molecule has 82 valence electrons. The lowest BCUT2D eigenvalue weighted by Gasteiger charge is -2.20. The maximum atomic E-state index is 10.8. The molecule has 0 atom stereocenters. The second-order valence-electron chi connectivity index (χ2n) is 4.53. The van der Waals surface area contributed by atoms with Crippen LogP contribution in [0.15, 0.2) is 6.20 Å². The first-order chi connectivity index (χ1) is 7.29. The van der Waals surface area contributed by atoms with Crippen molar-refractivity contribution in [3.63, 3.8) is 0 Å². The molecule has 0 amide bonds. The van der Waals surface area contributed by atoms with E-state index in [1.807, 2.05) is 13.2 Å². The molecule has 3 heteroatoms. The topological polar surface area (TPSA) is 34.9 Å². The SMILES string of the molecule is Cn1cc(C=O)c(CC2CCCCC2)n1. The van der Waals surface area contributed by atoms with Crippen molar-refractivity contribution < 1.29 is 4.79 Å². The first-order valence-electron chi connectivity index (χ1n) is 5.77. The van der Waals surface area contributed by atoms with Crippen molar-refractivity contribution in [3.8, 4) is 0 Å². The summed E-state index contributed by atoms with van der Waals surface area (Å²) in [6.07, 6.45) is 10.4. The van der Waals surface area contributed by atoms with Gasteiger partial charge in [0, 0.05) is 13.2 Å². The predicted octanol–water partition coefficient (Wildman–Crippen LogP) is 2.36. The van der Waals surface area contributed by atoms with Gasteiger partial charge >= 0.3 is 0 Å². The lowest BCUT2D eigenvalue weighted by atomic mass is 9.86. The lowest BCUT2D eigenvalue weighted by molar-refractivity contribution is 0.112. The zero-order valence-electron chi connectivity index (χ0n) is 9.28. The van der Waals surface area contributed by atoms with Crippen molar-refractivity contribution in [3.05, 3.63) is 17.5 Å². The van der Waals surface area contributed by atoms with Gasteiger partial charge in [-0.1, -0.05) is 32.1 Å². The molecule has 0 aliphatic heterocycles. The summed E-state index contributed by atoms with van der Waals surface area (Å²) in [6.45, 7) is 0. The van der Waals surface area contributed by atoms with Gasteiger partial charge in [0.2, 0.25) is 0 Å². The molecule has 1 saturated carbocycles. The predicted molar refractivity (Wildman–Crippen MR) is 58.9 cm³/mol. The van der Waals surface area contributed by atoms with Gasteiger partial charge in [0.15, 0.2) is 6.29 Å². The molecule has 1 aromatic rings. The molecular weight excluding hydrogens is 188 g/mol. The molecule has 0 bridgehead atoms. The van der Waals surface area contributed by atoms with Crippen LogP contribution in [-0.4, -0.2) is 16.1 Å². The normalized spacial score (nSPS) is 17.9. The number of carbonyl (C=O) groups is 1. The number of rotatable bonds is 3. The maximum Gasteiger partial charge on any atom is 0.153 e. The van der Waals surface area contributed by atoms with Crippen LogP contribution in [0.2, 0.25) is 0 Å². The van der Waals surface area contributed by atoms with E-state index in [2.05, 4.69) is 5.10 Å². The smallest absolute Gasteiger partial charge is 0.153 e. The number of hydrogen-bond donors (Lipinski definition) is 0. The van der Waals surface area contributed by atoms with Gasteiger partial charge < -0.3 is 0 Å². The van der Waals surface area contributed by atoms with E-state index >= 15 is 0 Å². The first kappa shape index (κ1) is 10.4. The molecule has 0 spiro atoms. The van der Waals surface area contributed by atoms with Gasteiger partial charge in [-0.2, -0.15) is 5.10 Å². The Balaban J connectivity index is 2.05. The second-order valence-corrected chi connectivity index (χ2v) is 4.53. The summed E-state index contributed by atoms with van der Waals surface area (Å²) >= 11 is 0. The zero-order chi connectivity index (χ0) is 10.7. The largest absolute Gasteiger partial charge is 0.298 e. The molecule has 1 fully saturated rings. The summed E-state index contributed by atoms with van der Waals surface area (Å²) in [4.78, 5) is 10.8. The third-order valence-corrected chi connectivity index (χ3v) is 3.27. The summed E-state index contributed by atoms with van der Waals surface area (Å²) < 4.78 is 1.74. The monoisotopic (exact) mass is 206 g/mol. The Labute approximate surface area is 90.5 Å². The number of carbonyl (C=O) groups excluding carboxylic acids is 1. The Kier molecular flexibility index (Phi) is 3.19. The van der Waals surface area contributed by atoms with E-state index in [1.165, 1.54) is 32.1 Å². The molecule has 1 heterocycles. The lowest BCUT2D eigenvalue weighted by Crippen LogP contribution is -2.10. The molecule has 0 radical (unpaired) electrons. The van der Waals surface area contributed by atoms with Crippen LogP contribution in [0.25, 0.3) is 0 Å². The summed E-state index contributed by atoms with van der Waals surface area (Å²) in [7, 11) is 1.87. The highest BCUT2D eigenvalue weighted by atomic mass is 16.1. The summed E-state index contributed by atoms with van der Waals surface area (Å²) in [5, 5.41) is 4.36. The van der Waals surface area contributed by atoms with Crippen molar-refractivity contribution in [2.24, 2.45) is 13.0 Å². The fraction of sp³-hybridized carbons (Fsp3) is 0.667. The van der Waals surface area contributed by atoms with Crippen LogP contribution in [0, 0.1) is 5.92 Å². The molecule has 0 aromatic carbocycles. The van der Waals surface area contributed by atoms with Gasteiger partial charge in [-0.05, 0) is 12.3 Å². The number of hydrogen-bond acceptors (Lipinski definition) is 2. The van der Waals surface area contributed by atoms with Gasteiger partial charge in [-0.3, -0.25) is 9.48 Å². The molecule has 0 saturated heterocycles. The Morgan fingerprint density at radius 3 is 2.87 bits per heavy atom. The highest BCUT2D eigenvalue weighted by molar-refractivity contribution is 5.75. The van der Waals surface area contributed by atoms with Crippen molar-refractivity contribution in [1.82, 2.24) is 9.78 Å². The summed E-state index contributed by atoms with van der Waals surface area (Å²) in [5.74, 6) is 0.743. The van der Waals surface area contributed by atoms with Crippen LogP contribution < -0.4 is 0 Å². The van der Waals surface area contributed by atoms with E-state index < -0.39 is 0 Å². The molecule has 15 heavy (non-hydrogen) atoms. The Bertz CT molecular complexity index is 337. The van der Waals surface area contributed by atoms with Crippen molar-refractivity contribution in [2.75, 3.05) is 0 Å². The van der Waals surface area contributed by atoms with Crippen LogP contribution in [0.4, 0.5) is 0 Å². The third-order valence-electron chi connectivity index (χ3n) is 3.27. The average Bonchev–Trinajstić information content (AvgIpc) is 2.60. The molecule has 0 N–H and O–H groups in total. The Morgan fingerprint density at radius 2 is 2.20 bits per heavy atom. The fourth-order valence-electron chi connectivity index (χ4n) is 2.47. The zero-order valence-corrected chi connectivity index (χ0v) is 9.28. The van der Waals surface area contributed by atoms with Crippen molar-refractivity contribution in [2.45, 2.75) is 38.5 Å². The van der Waals surface area contributed by atoms with Crippen molar-refractivity contribution >= 4 is 6.29 Å². The molecule has 3 nitrogen and oxygen atoms in total. The highest BCUT2D eigenvalue weighted by Gasteiger charge is 2.17. The van der Waals surface area contributed by atoms with Gasteiger partial charge in [0.05, 0.1) is 11.3 Å². The van der Waals surface area contributed by atoms with E-state index in [-0.39, 0.29) is 0 Å². The number of aryl methyl sites for hydroxylation is 1. The Morgan fingerprint density at radius 1 is 1.47 bits per heavy atom. The van der Waals surface area contributed by atoms with E-state index in [9.17, 15) is 4.79 Å². The molecule has 2 rings (SSSR count). The number of nitrogens with zero attached hydrogens (tertiary/aromatic N) is 2. The number of aromatic nitrogens is 2. The van der Waals surface area contributed by atoms with Gasteiger partial charge in [0.1, 0.15) is 0 Å². The van der Waals surface area contributed by atoms with E-state index in [4.69, 9.17) is 0 Å². The van der Waals surface area contributed by atoms with E-state index in [0.29, 0.717) is 0 Å². The third kappa shape index (κ3) is 2.46. The van der Waals surface area contributed by atoms with Gasteiger partial charge in [-0.15, -0.1) is 0 Å². The summed E-state index contributed by atoms with van der Waals surface area (Å²) in [5.41, 5.74) is 1.75. The van der Waals surface area contributed by atoms with E-state index in [0.717, 1.165) is 29.9 Å². The van der Waals surface area contributed by atoms with Crippen LogP contribution in [0.1, 0.15) is 48.2 Å². The maximum absolute atomic E-state index is 10.8. The van der Waals surface area contributed by atoms with Crippen LogP contribution in [0.5, 0.6) is 0 Å². The van der Waals surface area contributed by atoms with Crippen molar-refractivity contribution in [1.29, 1.82) is 0 Å². The molecular formula is C12H18N2O. The minimum Gasteiger partial charge on any atom is -0.298 e. The molecule has 1 aliphatic carbocycles. The standard InChI is InChI=1S/C12H18N2O/c1-14-8-11(9-15)12(13-14)7-10-5-3-2-4-6-10/h8-10H,2-7H2,1H3. The van der Waals surface area contributed by atoms with E-state index in [1.54, 1.807) is 4.68 Å². The second kappa shape index (κ2) is 4.60.